The van der Waals surface area contributed by atoms with Gasteiger partial charge in [-0.2, -0.15) is 0 Å². The molecule has 1 fully saturated rings. The van der Waals surface area contributed by atoms with Gasteiger partial charge in [0.2, 0.25) is 5.95 Å². The van der Waals surface area contributed by atoms with E-state index < -0.39 is 0 Å². The van der Waals surface area contributed by atoms with Crippen molar-refractivity contribution in [3.8, 4) is 17.1 Å². The molecule has 1 aliphatic rings. The van der Waals surface area contributed by atoms with Crippen molar-refractivity contribution < 1.29 is 9.53 Å². The molecular formula is C34H43N7O2. The smallest absolute Gasteiger partial charge is 0.257 e. The first-order valence-electron chi connectivity index (χ1n) is 15.1. The van der Waals surface area contributed by atoms with E-state index in [0.29, 0.717) is 23.2 Å². The van der Waals surface area contributed by atoms with Crippen LogP contribution in [0.5, 0.6) is 5.75 Å². The van der Waals surface area contributed by atoms with Crippen LogP contribution in [0.3, 0.4) is 0 Å². The molecule has 9 nitrogen and oxygen atoms in total. The second-order valence-corrected chi connectivity index (χ2v) is 11.3. The van der Waals surface area contributed by atoms with Crippen LogP contribution < -0.4 is 20.3 Å². The minimum absolute atomic E-state index is 0.138. The summed E-state index contributed by atoms with van der Waals surface area (Å²) in [4.78, 5) is 27.3. The van der Waals surface area contributed by atoms with E-state index in [4.69, 9.17) is 9.72 Å². The Kier molecular flexibility index (Phi) is 9.31. The maximum Gasteiger partial charge on any atom is 0.257 e. The van der Waals surface area contributed by atoms with Crippen molar-refractivity contribution in [1.29, 1.82) is 0 Å². The molecule has 9 heteroatoms. The molecule has 2 N–H and O–H groups in total. The largest absolute Gasteiger partial charge is 0.494 e. The maximum absolute atomic E-state index is 13.3. The van der Waals surface area contributed by atoms with Crippen LogP contribution in [-0.4, -0.2) is 65.7 Å². The molecule has 0 unspecified atom stereocenters. The number of nitrogens with zero attached hydrogens (tertiary/aromatic N) is 5. The topological polar surface area (TPSA) is 87.6 Å². The quantitative estimate of drug-likeness (QED) is 0.233. The lowest BCUT2D eigenvalue weighted by molar-refractivity contribution is 0.102. The van der Waals surface area contributed by atoms with Crippen LogP contribution in [0.2, 0.25) is 0 Å². The van der Waals surface area contributed by atoms with Gasteiger partial charge in [0.05, 0.1) is 29.7 Å². The first kappa shape index (κ1) is 30.1. The predicted octanol–water partition coefficient (Wildman–Crippen LogP) is 6.14. The Morgan fingerprint density at radius 3 is 2.42 bits per heavy atom. The molecular weight excluding hydrogens is 538 g/mol. The highest BCUT2D eigenvalue weighted by molar-refractivity contribution is 6.05. The van der Waals surface area contributed by atoms with Crippen LogP contribution in [-0.2, 0) is 19.9 Å². The number of amides is 1. The van der Waals surface area contributed by atoms with Crippen LogP contribution in [0.4, 0.5) is 23.0 Å². The van der Waals surface area contributed by atoms with Gasteiger partial charge in [-0.25, -0.2) is 9.97 Å². The number of ether oxygens (including phenoxy) is 1. The first-order chi connectivity index (χ1) is 20.8. The number of aryl methyl sites for hydroxylation is 3. The standard InChI is InChI=1S/C34H43N7O2/c1-7-23-10-9-11-24(8-2)32(23)38-33(42)25-20-30(40(5)22-25)28-14-17-35-34(36-28)37-29-13-12-27(21-31(29)43-6)41-18-15-26(16-19-41)39(3)4/h9-14,17,20-22,26H,7-8,15-16,18-19H2,1-6H3,(H,38,42)(H,35,36,37). The van der Waals surface area contributed by atoms with Crippen molar-refractivity contribution in [3.05, 3.63) is 77.6 Å². The Balaban J connectivity index is 1.32. The highest BCUT2D eigenvalue weighted by Gasteiger charge is 2.22. The Labute approximate surface area is 254 Å². The molecule has 4 aromatic rings. The highest BCUT2D eigenvalue weighted by atomic mass is 16.5. The average Bonchev–Trinajstić information content (AvgIpc) is 3.43. The molecule has 0 atom stereocenters. The Bertz CT molecular complexity index is 1550. The number of carbonyl (C=O) groups excluding carboxylic acids is 1. The van der Waals surface area contributed by atoms with E-state index in [1.54, 1.807) is 13.3 Å². The third-order valence-electron chi connectivity index (χ3n) is 8.41. The van der Waals surface area contributed by atoms with Gasteiger partial charge < -0.3 is 29.7 Å². The van der Waals surface area contributed by atoms with Gasteiger partial charge in [-0.3, -0.25) is 4.79 Å². The molecule has 1 amide bonds. The van der Waals surface area contributed by atoms with E-state index in [1.807, 2.05) is 42.1 Å². The van der Waals surface area contributed by atoms with Gasteiger partial charge in [0.1, 0.15) is 5.75 Å². The molecule has 5 rings (SSSR count). The number of anilines is 4. The van der Waals surface area contributed by atoms with E-state index in [1.165, 1.54) is 0 Å². The second kappa shape index (κ2) is 13.3. The Morgan fingerprint density at radius 1 is 1.05 bits per heavy atom. The fourth-order valence-electron chi connectivity index (χ4n) is 5.83. The number of nitrogens with one attached hydrogen (secondary N) is 2. The average molecular weight is 582 g/mol. The summed E-state index contributed by atoms with van der Waals surface area (Å²) < 4.78 is 7.67. The number of aromatic nitrogens is 3. The number of hydrogen-bond donors (Lipinski definition) is 2. The SMILES string of the molecule is CCc1cccc(CC)c1NC(=O)c1cc(-c2ccnc(Nc3ccc(N4CCC(N(C)C)CC4)cc3OC)n2)n(C)c1. The molecule has 0 aliphatic carbocycles. The zero-order valence-electron chi connectivity index (χ0n) is 26.1. The summed E-state index contributed by atoms with van der Waals surface area (Å²) in [6.07, 6.45) is 7.54. The molecule has 1 aliphatic heterocycles. The van der Waals surface area contributed by atoms with E-state index >= 15 is 0 Å². The highest BCUT2D eigenvalue weighted by Crippen LogP contribution is 2.33. The molecule has 226 valence electrons. The van der Waals surface area contributed by atoms with Crippen molar-refractivity contribution >= 4 is 28.9 Å². The lowest BCUT2D eigenvalue weighted by atomic mass is 10.0. The normalized spacial score (nSPS) is 13.8. The summed E-state index contributed by atoms with van der Waals surface area (Å²) in [6, 6.07) is 16.7. The Morgan fingerprint density at radius 2 is 1.77 bits per heavy atom. The number of benzene rings is 2. The summed E-state index contributed by atoms with van der Waals surface area (Å²) in [6.45, 7) is 6.24. The molecule has 1 saturated heterocycles. The second-order valence-electron chi connectivity index (χ2n) is 11.3. The minimum Gasteiger partial charge on any atom is -0.494 e. The molecule has 0 saturated carbocycles. The lowest BCUT2D eigenvalue weighted by Gasteiger charge is -2.36. The van der Waals surface area contributed by atoms with E-state index in [9.17, 15) is 4.79 Å². The third kappa shape index (κ3) is 6.67. The van der Waals surface area contributed by atoms with Gasteiger partial charge in [0, 0.05) is 56.0 Å². The fourth-order valence-corrected chi connectivity index (χ4v) is 5.83. The predicted molar refractivity (Wildman–Crippen MR) is 175 cm³/mol. The monoisotopic (exact) mass is 581 g/mol. The number of rotatable bonds is 10. The lowest BCUT2D eigenvalue weighted by Crippen LogP contribution is -2.41. The summed E-state index contributed by atoms with van der Waals surface area (Å²) in [5, 5.41) is 6.50. The third-order valence-corrected chi connectivity index (χ3v) is 8.41. The van der Waals surface area contributed by atoms with Crippen LogP contribution in [0.15, 0.2) is 60.9 Å². The zero-order chi connectivity index (χ0) is 30.5. The van der Waals surface area contributed by atoms with Crippen molar-refractivity contribution in [2.75, 3.05) is 49.8 Å². The molecule has 2 aromatic carbocycles. The molecule has 0 spiro atoms. The summed E-state index contributed by atoms with van der Waals surface area (Å²) >= 11 is 0. The molecule has 0 bridgehead atoms. The van der Waals surface area contributed by atoms with E-state index in [0.717, 1.165) is 78.4 Å². The van der Waals surface area contributed by atoms with Gasteiger partial charge in [-0.1, -0.05) is 32.0 Å². The van der Waals surface area contributed by atoms with E-state index in [-0.39, 0.29) is 5.91 Å². The van der Waals surface area contributed by atoms with Crippen LogP contribution >= 0.6 is 0 Å². The van der Waals surface area contributed by atoms with Crippen molar-refractivity contribution in [2.24, 2.45) is 7.05 Å². The van der Waals surface area contributed by atoms with Crippen LogP contribution in [0.1, 0.15) is 48.2 Å². The van der Waals surface area contributed by atoms with Crippen LogP contribution in [0.25, 0.3) is 11.4 Å². The van der Waals surface area contributed by atoms with Gasteiger partial charge in [-0.05, 0) is 75.2 Å². The van der Waals surface area contributed by atoms with Crippen molar-refractivity contribution in [2.45, 2.75) is 45.6 Å². The van der Waals surface area contributed by atoms with Crippen molar-refractivity contribution in [1.82, 2.24) is 19.4 Å². The fraction of sp³-hybridized carbons (Fsp3) is 0.382. The number of methoxy groups -OCH3 is 1. The number of hydrogen-bond acceptors (Lipinski definition) is 7. The Hall–Kier alpha value is -4.37. The molecule has 2 aromatic heterocycles. The van der Waals surface area contributed by atoms with Gasteiger partial charge in [-0.15, -0.1) is 0 Å². The van der Waals surface area contributed by atoms with E-state index in [2.05, 4.69) is 77.6 Å². The number of piperidine rings is 1. The summed E-state index contributed by atoms with van der Waals surface area (Å²) in [5.41, 5.74) is 7.22. The molecule has 43 heavy (non-hydrogen) atoms. The molecule has 0 radical (unpaired) electrons. The maximum atomic E-state index is 13.3. The number of carbonyl (C=O) groups is 1. The van der Waals surface area contributed by atoms with Gasteiger partial charge in [0.15, 0.2) is 0 Å². The summed E-state index contributed by atoms with van der Waals surface area (Å²) in [7, 11) is 7.91. The minimum atomic E-state index is -0.138. The first-order valence-corrected chi connectivity index (χ1v) is 15.1. The van der Waals surface area contributed by atoms with Gasteiger partial charge in [0.25, 0.3) is 5.91 Å². The number of para-hydroxylation sites is 1. The van der Waals surface area contributed by atoms with Crippen LogP contribution in [0, 0.1) is 0 Å². The molecule has 3 heterocycles. The van der Waals surface area contributed by atoms with Gasteiger partial charge >= 0.3 is 0 Å². The zero-order valence-corrected chi connectivity index (χ0v) is 26.1. The summed E-state index contributed by atoms with van der Waals surface area (Å²) in [5.74, 6) is 1.05. The van der Waals surface area contributed by atoms with Crippen molar-refractivity contribution in [3.63, 3.8) is 0 Å².